The molecular formula is C15H19Cl2N3O4. The fourth-order valence-electron chi connectivity index (χ4n) is 1.91. The molecule has 1 atom stereocenters. The van der Waals surface area contributed by atoms with Crippen LogP contribution in [0, 0.1) is 0 Å². The second-order valence-electron chi connectivity index (χ2n) is 5.14. The molecule has 1 rings (SSSR count). The molecule has 0 heterocycles. The molecule has 1 aromatic rings. The van der Waals surface area contributed by atoms with Gasteiger partial charge in [-0.05, 0) is 25.1 Å². The zero-order chi connectivity index (χ0) is 18.3. The first-order valence-corrected chi connectivity index (χ1v) is 7.92. The number of amides is 2. The third kappa shape index (κ3) is 6.74. The molecule has 0 bridgehead atoms. The lowest BCUT2D eigenvalue weighted by Gasteiger charge is -2.25. The van der Waals surface area contributed by atoms with E-state index in [2.05, 4.69) is 10.6 Å². The minimum atomic E-state index is -1.06. The molecule has 0 spiro atoms. The summed E-state index contributed by atoms with van der Waals surface area (Å²) in [6.45, 7) is 3.10. The molecular weight excluding hydrogens is 357 g/mol. The minimum Gasteiger partial charge on any atom is -0.480 e. The van der Waals surface area contributed by atoms with Crippen LogP contribution in [-0.4, -0.2) is 53.5 Å². The van der Waals surface area contributed by atoms with Crippen LogP contribution in [0.4, 0.5) is 5.69 Å². The Labute approximate surface area is 149 Å². The lowest BCUT2D eigenvalue weighted by atomic mass is 10.2. The molecule has 3 N–H and O–H groups in total. The summed E-state index contributed by atoms with van der Waals surface area (Å²) < 4.78 is 0. The molecule has 7 nitrogen and oxygen atoms in total. The van der Waals surface area contributed by atoms with E-state index in [-0.39, 0.29) is 25.5 Å². The van der Waals surface area contributed by atoms with E-state index < -0.39 is 17.9 Å². The minimum absolute atomic E-state index is 0.171. The molecule has 0 aliphatic rings. The molecule has 0 aliphatic carbocycles. The zero-order valence-electron chi connectivity index (χ0n) is 13.3. The van der Waals surface area contributed by atoms with Gasteiger partial charge in [0.2, 0.25) is 11.8 Å². The Morgan fingerprint density at radius 2 is 1.96 bits per heavy atom. The number of nitrogens with zero attached hydrogens (tertiary/aromatic N) is 1. The smallest absolute Gasteiger partial charge is 0.320 e. The molecule has 24 heavy (non-hydrogen) atoms. The SMILES string of the molecule is CC(=O)NCCN(CC(=O)Nc1cc(Cl)ccc1Cl)C(C)C(=O)O. The van der Waals surface area contributed by atoms with Crippen molar-refractivity contribution in [1.82, 2.24) is 10.2 Å². The van der Waals surface area contributed by atoms with Gasteiger partial charge in [-0.25, -0.2) is 0 Å². The Hall–Kier alpha value is -1.83. The van der Waals surface area contributed by atoms with Crippen LogP contribution in [0.5, 0.6) is 0 Å². The van der Waals surface area contributed by atoms with Gasteiger partial charge in [-0.2, -0.15) is 0 Å². The number of carbonyl (C=O) groups is 3. The molecule has 2 amide bonds. The molecule has 0 saturated carbocycles. The second-order valence-corrected chi connectivity index (χ2v) is 5.98. The van der Waals surface area contributed by atoms with E-state index in [1.54, 1.807) is 12.1 Å². The Kier molecular flexibility index (Phi) is 7.97. The number of nitrogens with one attached hydrogen (secondary N) is 2. The van der Waals surface area contributed by atoms with Gasteiger partial charge in [0.1, 0.15) is 6.04 Å². The van der Waals surface area contributed by atoms with E-state index in [4.69, 9.17) is 28.3 Å². The monoisotopic (exact) mass is 375 g/mol. The number of carboxylic acid groups (broad SMARTS) is 1. The Bertz CT molecular complexity index is 625. The fraction of sp³-hybridized carbons (Fsp3) is 0.400. The molecule has 132 valence electrons. The summed E-state index contributed by atoms with van der Waals surface area (Å²) in [5, 5.41) is 15.0. The lowest BCUT2D eigenvalue weighted by Crippen LogP contribution is -2.46. The molecule has 0 aliphatic heterocycles. The number of benzene rings is 1. The predicted molar refractivity (Wildman–Crippen MR) is 92.4 cm³/mol. The van der Waals surface area contributed by atoms with Crippen molar-refractivity contribution in [1.29, 1.82) is 0 Å². The van der Waals surface area contributed by atoms with E-state index in [1.165, 1.54) is 24.8 Å². The molecule has 1 unspecified atom stereocenters. The molecule has 1 aromatic carbocycles. The molecule has 0 fully saturated rings. The molecule has 9 heteroatoms. The van der Waals surface area contributed by atoms with Gasteiger partial charge in [-0.1, -0.05) is 23.2 Å². The number of anilines is 1. The second kappa shape index (κ2) is 9.46. The summed E-state index contributed by atoms with van der Waals surface area (Å²) in [5.41, 5.74) is 0.346. The predicted octanol–water partition coefficient (Wildman–Crippen LogP) is 1.84. The van der Waals surface area contributed by atoms with Crippen LogP contribution < -0.4 is 10.6 Å². The number of hydrogen-bond acceptors (Lipinski definition) is 4. The number of aliphatic carboxylic acids is 1. The summed E-state index contributed by atoms with van der Waals surface area (Å²) >= 11 is 11.8. The Balaban J connectivity index is 2.73. The largest absolute Gasteiger partial charge is 0.480 e. The average Bonchev–Trinajstić information content (AvgIpc) is 2.48. The van der Waals surface area contributed by atoms with Crippen molar-refractivity contribution in [3.63, 3.8) is 0 Å². The summed E-state index contributed by atoms with van der Waals surface area (Å²) in [7, 11) is 0. The van der Waals surface area contributed by atoms with E-state index in [1.807, 2.05) is 0 Å². The van der Waals surface area contributed by atoms with Gasteiger partial charge in [0.15, 0.2) is 0 Å². The quantitative estimate of drug-likeness (QED) is 0.643. The van der Waals surface area contributed by atoms with Crippen molar-refractivity contribution >= 4 is 46.7 Å². The topological polar surface area (TPSA) is 98.7 Å². The van der Waals surface area contributed by atoms with Gasteiger partial charge in [0.25, 0.3) is 0 Å². The highest BCUT2D eigenvalue weighted by Gasteiger charge is 2.23. The first-order chi connectivity index (χ1) is 11.2. The summed E-state index contributed by atoms with van der Waals surface area (Å²) in [6, 6.07) is 3.75. The van der Waals surface area contributed by atoms with Crippen LogP contribution in [0.25, 0.3) is 0 Å². The third-order valence-electron chi connectivity index (χ3n) is 3.23. The summed E-state index contributed by atoms with van der Waals surface area (Å²) in [6.07, 6.45) is 0. The van der Waals surface area contributed by atoms with Crippen LogP contribution in [0.2, 0.25) is 10.0 Å². The van der Waals surface area contributed by atoms with E-state index >= 15 is 0 Å². The molecule has 0 aromatic heterocycles. The highest BCUT2D eigenvalue weighted by molar-refractivity contribution is 6.35. The highest BCUT2D eigenvalue weighted by atomic mass is 35.5. The van der Waals surface area contributed by atoms with Crippen molar-refractivity contribution in [2.45, 2.75) is 19.9 Å². The van der Waals surface area contributed by atoms with Crippen LogP contribution in [-0.2, 0) is 14.4 Å². The van der Waals surface area contributed by atoms with Gasteiger partial charge in [-0.15, -0.1) is 0 Å². The van der Waals surface area contributed by atoms with E-state index in [0.717, 1.165) is 0 Å². The van der Waals surface area contributed by atoms with Gasteiger partial charge < -0.3 is 15.7 Å². The van der Waals surface area contributed by atoms with Gasteiger partial charge >= 0.3 is 5.97 Å². The van der Waals surface area contributed by atoms with Crippen molar-refractivity contribution in [3.05, 3.63) is 28.2 Å². The van der Waals surface area contributed by atoms with Crippen LogP contribution in [0.1, 0.15) is 13.8 Å². The average molecular weight is 376 g/mol. The number of carbonyl (C=O) groups excluding carboxylic acids is 2. The van der Waals surface area contributed by atoms with Crippen LogP contribution >= 0.6 is 23.2 Å². The number of halogens is 2. The number of hydrogen-bond donors (Lipinski definition) is 3. The summed E-state index contributed by atoms with van der Waals surface area (Å²) in [5.74, 6) is -1.73. The standard InChI is InChI=1S/C15H19Cl2N3O4/c1-9(15(23)24)20(6-5-18-10(2)21)8-14(22)19-13-7-11(16)3-4-12(13)17/h3-4,7,9H,5-6,8H2,1-2H3,(H,18,21)(H,19,22)(H,23,24). The first kappa shape index (κ1) is 20.2. The van der Waals surface area contributed by atoms with Gasteiger partial charge in [-0.3, -0.25) is 19.3 Å². The van der Waals surface area contributed by atoms with E-state index in [9.17, 15) is 14.4 Å². The fourth-order valence-corrected chi connectivity index (χ4v) is 2.25. The molecule has 0 saturated heterocycles. The Morgan fingerprint density at radius 1 is 1.29 bits per heavy atom. The van der Waals surface area contributed by atoms with Crippen molar-refractivity contribution in [3.8, 4) is 0 Å². The maximum Gasteiger partial charge on any atom is 0.320 e. The Morgan fingerprint density at radius 3 is 2.54 bits per heavy atom. The first-order valence-electron chi connectivity index (χ1n) is 7.17. The normalized spacial score (nSPS) is 11.9. The maximum atomic E-state index is 12.2. The van der Waals surface area contributed by atoms with Crippen LogP contribution in [0.15, 0.2) is 18.2 Å². The van der Waals surface area contributed by atoms with Crippen molar-refractivity contribution < 1.29 is 19.5 Å². The third-order valence-corrected chi connectivity index (χ3v) is 3.79. The van der Waals surface area contributed by atoms with E-state index in [0.29, 0.717) is 15.7 Å². The van der Waals surface area contributed by atoms with Crippen LogP contribution in [0.3, 0.4) is 0 Å². The number of carboxylic acids is 1. The number of rotatable bonds is 8. The molecule has 0 radical (unpaired) electrons. The van der Waals surface area contributed by atoms with Crippen molar-refractivity contribution in [2.24, 2.45) is 0 Å². The lowest BCUT2D eigenvalue weighted by molar-refractivity contribution is -0.142. The van der Waals surface area contributed by atoms with Gasteiger partial charge in [0, 0.05) is 25.0 Å². The highest BCUT2D eigenvalue weighted by Crippen LogP contribution is 2.25. The van der Waals surface area contributed by atoms with Crippen molar-refractivity contribution in [2.75, 3.05) is 25.0 Å². The maximum absolute atomic E-state index is 12.2. The van der Waals surface area contributed by atoms with Gasteiger partial charge in [0.05, 0.1) is 17.3 Å². The summed E-state index contributed by atoms with van der Waals surface area (Å²) in [4.78, 5) is 35.7. The zero-order valence-corrected chi connectivity index (χ0v) is 14.8.